The average Bonchev–Trinajstić information content (AvgIpc) is 3.11. The average molecular weight is 330 g/mol. The number of benzene rings is 1. The third-order valence-corrected chi connectivity index (χ3v) is 5.70. The quantitative estimate of drug-likeness (QED) is 0.548. The number of aromatic amines is 1. The number of hydrogen-bond acceptors (Lipinski definition) is 5. The Labute approximate surface area is 136 Å². The molecule has 3 aromatic rings. The highest BCUT2D eigenvalue weighted by atomic mass is 32.1. The summed E-state index contributed by atoms with van der Waals surface area (Å²) < 4.78 is 8.12. The summed E-state index contributed by atoms with van der Waals surface area (Å²) >= 11 is 1.27. The largest absolute Gasteiger partial charge is 0.714 e. The van der Waals surface area contributed by atoms with Crippen molar-refractivity contribution in [2.45, 2.75) is 38.8 Å². The normalized spacial score (nSPS) is 20.1. The molecular weight excluding hydrogens is 314 g/mol. The molecule has 0 bridgehead atoms. The second-order valence-corrected chi connectivity index (χ2v) is 7.45. The molecule has 0 saturated carbocycles. The van der Waals surface area contributed by atoms with E-state index in [1.807, 2.05) is 12.1 Å². The van der Waals surface area contributed by atoms with Crippen LogP contribution in [0.3, 0.4) is 0 Å². The van der Waals surface area contributed by atoms with Gasteiger partial charge in [0.1, 0.15) is 11.1 Å². The first-order valence-corrected chi connectivity index (χ1v) is 8.07. The number of hydrogen-bond donors (Lipinski definition) is 1. The number of nitrogens with one attached hydrogen (secondary N) is 1. The van der Waals surface area contributed by atoms with Crippen LogP contribution in [-0.2, 0) is 5.21 Å². The van der Waals surface area contributed by atoms with E-state index in [-0.39, 0.29) is 5.84 Å². The molecule has 1 aliphatic rings. The summed E-state index contributed by atoms with van der Waals surface area (Å²) in [6.45, 7) is 7.09. The third-order valence-electron chi connectivity index (χ3n) is 5.10. The van der Waals surface area contributed by atoms with Crippen LogP contribution in [-0.4, -0.2) is 40.4 Å². The number of amidine groups is 1. The summed E-state index contributed by atoms with van der Waals surface area (Å²) in [5.41, 5.74) is 1.18. The lowest BCUT2D eigenvalue weighted by Gasteiger charge is -2.32. The molecule has 1 aliphatic heterocycles. The lowest BCUT2D eigenvalue weighted by molar-refractivity contribution is -0.539. The molecule has 1 radical (unpaired) electrons. The van der Waals surface area contributed by atoms with Crippen molar-refractivity contribution in [2.75, 3.05) is 0 Å². The number of hydroxylamine groups is 3. The molecule has 7 nitrogen and oxygen atoms in total. The van der Waals surface area contributed by atoms with E-state index >= 15 is 0 Å². The van der Waals surface area contributed by atoms with Crippen molar-refractivity contribution in [3.63, 3.8) is 0 Å². The van der Waals surface area contributed by atoms with Gasteiger partial charge in [-0.1, -0.05) is 5.06 Å². The van der Waals surface area contributed by atoms with Crippen molar-refractivity contribution >= 4 is 39.5 Å². The van der Waals surface area contributed by atoms with E-state index in [4.69, 9.17) is 0 Å². The maximum Gasteiger partial charge on any atom is 0.335 e. The van der Waals surface area contributed by atoms with Gasteiger partial charge in [0.2, 0.25) is 0 Å². The highest BCUT2D eigenvalue weighted by Crippen LogP contribution is 2.37. The van der Waals surface area contributed by atoms with E-state index in [1.54, 1.807) is 33.8 Å². The van der Waals surface area contributed by atoms with Gasteiger partial charge < -0.3 is 5.21 Å². The first-order valence-electron chi connectivity index (χ1n) is 7.30. The first kappa shape index (κ1) is 14.4. The Morgan fingerprint density at radius 1 is 1.22 bits per heavy atom. The molecule has 0 spiro atoms. The zero-order valence-electron chi connectivity index (χ0n) is 13.2. The Kier molecular flexibility index (Phi) is 2.64. The van der Waals surface area contributed by atoms with Gasteiger partial charge in [-0.15, -0.1) is 0 Å². The van der Waals surface area contributed by atoms with E-state index in [9.17, 15) is 10.4 Å². The van der Waals surface area contributed by atoms with Gasteiger partial charge in [-0.3, -0.25) is 9.11 Å². The number of H-pyrrole nitrogens is 1. The standard InChI is InChI=1S/C15H16N5O2S/c1-14(2)15(3,4)20(22)13(19(14)21)12-6-8-5-10-11(18-23-17-10)7-9(8)16-12/h5-7,17H,1-4H3. The number of fused-ring (bicyclic) bond motifs is 2. The van der Waals surface area contributed by atoms with Crippen LogP contribution in [0.1, 0.15) is 33.4 Å². The number of nitrogens with zero attached hydrogens (tertiary/aromatic N) is 4. The maximum absolute atomic E-state index is 12.7. The van der Waals surface area contributed by atoms with Crippen LogP contribution >= 0.6 is 11.7 Å². The highest BCUT2D eigenvalue weighted by molar-refractivity contribution is 7.00. The molecule has 23 heavy (non-hydrogen) atoms. The fraction of sp³-hybridized carbons (Fsp3) is 0.400. The van der Waals surface area contributed by atoms with E-state index in [2.05, 4.69) is 13.7 Å². The van der Waals surface area contributed by atoms with Crippen molar-refractivity contribution in [3.05, 3.63) is 29.1 Å². The molecule has 0 fully saturated rings. The Bertz CT molecular complexity index is 921. The topological polar surface area (TPSA) is 90.8 Å². The van der Waals surface area contributed by atoms with Crippen molar-refractivity contribution in [3.8, 4) is 0 Å². The molecule has 0 aliphatic carbocycles. The Balaban J connectivity index is 1.93. The minimum Gasteiger partial charge on any atom is -0.714 e. The third kappa shape index (κ3) is 1.70. The van der Waals surface area contributed by atoms with Crippen molar-refractivity contribution in [1.82, 2.24) is 18.8 Å². The summed E-state index contributed by atoms with van der Waals surface area (Å²) in [5, 5.41) is 27.1. The van der Waals surface area contributed by atoms with E-state index in [0.29, 0.717) is 5.69 Å². The van der Waals surface area contributed by atoms with E-state index < -0.39 is 11.1 Å². The number of aromatic nitrogens is 3. The summed E-state index contributed by atoms with van der Waals surface area (Å²) in [6.07, 6.45) is 0. The van der Waals surface area contributed by atoms with Crippen LogP contribution in [0.25, 0.3) is 21.9 Å². The molecule has 0 saturated heterocycles. The summed E-state index contributed by atoms with van der Waals surface area (Å²) in [7, 11) is 0. The van der Waals surface area contributed by atoms with Crippen LogP contribution in [0.15, 0.2) is 18.2 Å². The zero-order valence-corrected chi connectivity index (χ0v) is 14.1. The first-order chi connectivity index (χ1) is 10.7. The highest BCUT2D eigenvalue weighted by Gasteiger charge is 2.60. The van der Waals surface area contributed by atoms with Gasteiger partial charge in [0.25, 0.3) is 0 Å². The maximum atomic E-state index is 12.7. The van der Waals surface area contributed by atoms with Crippen molar-refractivity contribution in [2.24, 2.45) is 0 Å². The van der Waals surface area contributed by atoms with Crippen molar-refractivity contribution < 1.29 is 9.95 Å². The monoisotopic (exact) mass is 330 g/mol. The predicted octanol–water partition coefficient (Wildman–Crippen LogP) is 2.65. The van der Waals surface area contributed by atoms with Crippen LogP contribution in [0.2, 0.25) is 0 Å². The minimum absolute atomic E-state index is 0.0654. The molecule has 8 heteroatoms. The van der Waals surface area contributed by atoms with Gasteiger partial charge in [0.05, 0.1) is 11.0 Å². The van der Waals surface area contributed by atoms with Crippen LogP contribution in [0, 0.1) is 5.21 Å². The van der Waals surface area contributed by atoms with Gasteiger partial charge in [0, 0.05) is 22.3 Å². The van der Waals surface area contributed by atoms with Gasteiger partial charge in [0.15, 0.2) is 11.2 Å². The second kappa shape index (κ2) is 4.21. The molecule has 2 aromatic heterocycles. The Morgan fingerprint density at radius 3 is 2.61 bits per heavy atom. The van der Waals surface area contributed by atoms with E-state index in [0.717, 1.165) is 31.7 Å². The van der Waals surface area contributed by atoms with Crippen LogP contribution in [0.4, 0.5) is 0 Å². The van der Waals surface area contributed by atoms with Gasteiger partial charge in [-0.25, -0.2) is 4.98 Å². The fourth-order valence-electron chi connectivity index (χ4n) is 2.83. The molecule has 1 aromatic carbocycles. The summed E-state index contributed by atoms with van der Waals surface area (Å²) in [6, 6.07) is 5.57. The fourth-order valence-corrected chi connectivity index (χ4v) is 3.38. The van der Waals surface area contributed by atoms with Crippen molar-refractivity contribution in [1.29, 1.82) is 0 Å². The van der Waals surface area contributed by atoms with Gasteiger partial charge >= 0.3 is 5.84 Å². The molecule has 0 unspecified atom stereocenters. The van der Waals surface area contributed by atoms with Gasteiger partial charge in [-0.05, 0) is 45.9 Å². The van der Waals surface area contributed by atoms with Crippen LogP contribution in [0.5, 0.6) is 0 Å². The number of rotatable bonds is 1. The van der Waals surface area contributed by atoms with E-state index in [1.165, 1.54) is 11.7 Å². The molecule has 4 rings (SSSR count). The lowest BCUT2D eigenvalue weighted by atomic mass is 9.84. The predicted molar refractivity (Wildman–Crippen MR) is 87.7 cm³/mol. The molecule has 0 amide bonds. The molecule has 0 atom stereocenters. The molecule has 3 heterocycles. The van der Waals surface area contributed by atoms with Crippen LogP contribution < -0.4 is 0 Å². The van der Waals surface area contributed by atoms with Gasteiger partial charge in [-0.2, -0.15) is 4.37 Å². The molecule has 119 valence electrons. The molecule has 1 N–H and O–H groups in total. The smallest absolute Gasteiger partial charge is 0.335 e. The zero-order chi connectivity index (χ0) is 16.6. The second-order valence-electron chi connectivity index (χ2n) is 6.88. The SMILES string of the molecule is CC1(C)N([O])C(c2cc3cc4[nH]snc4cc3n2)=[N+]([O-])C1(C)C. The minimum atomic E-state index is -0.843. The Morgan fingerprint density at radius 2 is 1.96 bits per heavy atom. The Hall–Kier alpha value is -2.19. The molecular formula is C15H16N5O2S. The summed E-state index contributed by atoms with van der Waals surface area (Å²) in [4.78, 5) is 4.49. The lowest BCUT2D eigenvalue weighted by Crippen LogP contribution is -2.53. The summed E-state index contributed by atoms with van der Waals surface area (Å²) in [5.74, 6) is 0.0654.